The molecule has 4 nitrogen and oxygen atoms in total. The normalized spacial score (nSPS) is 36.8. The van der Waals surface area contributed by atoms with Crippen LogP contribution in [0.4, 0.5) is 0 Å². The van der Waals surface area contributed by atoms with Gasteiger partial charge in [-0.15, -0.1) is 0 Å². The Balaban J connectivity index is 2.64. The minimum Gasteiger partial charge on any atom is -0.469 e. The highest BCUT2D eigenvalue weighted by Gasteiger charge is 2.39. The van der Waals surface area contributed by atoms with Gasteiger partial charge >= 0.3 is 5.97 Å². The molecule has 12 heavy (non-hydrogen) atoms. The number of likely N-dealkylation sites (N-methyl/N-ethyl adjacent to an activating group) is 1. The number of carbonyl (C=O) groups excluding carboxylic acids is 1. The lowest BCUT2D eigenvalue weighted by atomic mass is 10.0. The summed E-state index contributed by atoms with van der Waals surface area (Å²) < 4.78 is 4.66. The fourth-order valence-electron chi connectivity index (χ4n) is 1.61. The highest BCUT2D eigenvalue weighted by atomic mass is 16.5. The Kier molecular flexibility index (Phi) is 2.69. The highest BCUT2D eigenvalue weighted by Crippen LogP contribution is 2.20. The van der Waals surface area contributed by atoms with Gasteiger partial charge in [-0.1, -0.05) is 0 Å². The first-order chi connectivity index (χ1) is 5.57. The summed E-state index contributed by atoms with van der Waals surface area (Å²) >= 11 is 0. The number of nitrogens with two attached hydrogens (primary N) is 1. The van der Waals surface area contributed by atoms with E-state index in [2.05, 4.69) is 9.64 Å². The Morgan fingerprint density at radius 2 is 2.25 bits per heavy atom. The fourth-order valence-corrected chi connectivity index (χ4v) is 1.61. The number of likely N-dealkylation sites (tertiary alicyclic amines) is 1. The molecule has 1 rings (SSSR count). The molecule has 70 valence electrons. The Hall–Kier alpha value is -0.610. The van der Waals surface area contributed by atoms with Gasteiger partial charge in [0.15, 0.2) is 0 Å². The maximum atomic E-state index is 11.2. The SMILES string of the molecule is COC(=O)C1CN(C)C(C)C1N. The summed E-state index contributed by atoms with van der Waals surface area (Å²) in [6, 6.07) is 0.163. The van der Waals surface area contributed by atoms with Gasteiger partial charge in [-0.3, -0.25) is 4.79 Å². The van der Waals surface area contributed by atoms with Crippen molar-refractivity contribution >= 4 is 5.97 Å². The number of hydrogen-bond acceptors (Lipinski definition) is 4. The second-order valence-electron chi connectivity index (χ2n) is 3.39. The van der Waals surface area contributed by atoms with Crippen LogP contribution in [-0.4, -0.2) is 43.7 Å². The molecule has 1 heterocycles. The first kappa shape index (κ1) is 9.48. The zero-order valence-electron chi connectivity index (χ0n) is 7.78. The lowest BCUT2D eigenvalue weighted by Crippen LogP contribution is -2.39. The lowest BCUT2D eigenvalue weighted by Gasteiger charge is -2.17. The quantitative estimate of drug-likeness (QED) is 0.538. The fraction of sp³-hybridized carbons (Fsp3) is 0.875. The van der Waals surface area contributed by atoms with Crippen molar-refractivity contribution < 1.29 is 9.53 Å². The average Bonchev–Trinajstić information content (AvgIpc) is 2.32. The van der Waals surface area contributed by atoms with Gasteiger partial charge in [-0.25, -0.2) is 0 Å². The predicted molar refractivity (Wildman–Crippen MR) is 45.6 cm³/mol. The van der Waals surface area contributed by atoms with Crippen LogP contribution >= 0.6 is 0 Å². The number of nitrogens with zero attached hydrogens (tertiary/aromatic N) is 1. The molecule has 3 atom stereocenters. The smallest absolute Gasteiger partial charge is 0.311 e. The second-order valence-corrected chi connectivity index (χ2v) is 3.39. The number of methoxy groups -OCH3 is 1. The molecule has 1 fully saturated rings. The summed E-state index contributed by atoms with van der Waals surface area (Å²) in [6.07, 6.45) is 0. The summed E-state index contributed by atoms with van der Waals surface area (Å²) in [5.41, 5.74) is 5.85. The summed E-state index contributed by atoms with van der Waals surface area (Å²) in [6.45, 7) is 2.72. The Morgan fingerprint density at radius 1 is 1.67 bits per heavy atom. The van der Waals surface area contributed by atoms with Crippen molar-refractivity contribution in [3.63, 3.8) is 0 Å². The van der Waals surface area contributed by atoms with E-state index in [1.54, 1.807) is 0 Å². The van der Waals surface area contributed by atoms with Gasteiger partial charge in [0.05, 0.1) is 13.0 Å². The highest BCUT2D eigenvalue weighted by molar-refractivity contribution is 5.74. The molecule has 0 aromatic heterocycles. The minimum absolute atomic E-state index is 0.0950. The van der Waals surface area contributed by atoms with Crippen molar-refractivity contribution in [2.45, 2.75) is 19.0 Å². The van der Waals surface area contributed by atoms with Crippen LogP contribution in [0, 0.1) is 5.92 Å². The number of carbonyl (C=O) groups is 1. The van der Waals surface area contributed by atoms with Crippen molar-refractivity contribution in [1.82, 2.24) is 4.90 Å². The molecule has 1 aliphatic heterocycles. The number of esters is 1. The van der Waals surface area contributed by atoms with Crippen LogP contribution in [0.3, 0.4) is 0 Å². The summed E-state index contributed by atoms with van der Waals surface area (Å²) in [5.74, 6) is -0.353. The molecule has 3 unspecified atom stereocenters. The molecule has 0 bridgehead atoms. The van der Waals surface area contributed by atoms with E-state index >= 15 is 0 Å². The minimum atomic E-state index is -0.196. The number of ether oxygens (including phenoxy) is 1. The van der Waals surface area contributed by atoms with Gasteiger partial charge in [0.1, 0.15) is 0 Å². The largest absolute Gasteiger partial charge is 0.469 e. The molecule has 0 radical (unpaired) electrons. The van der Waals surface area contributed by atoms with E-state index in [1.165, 1.54) is 7.11 Å². The Labute approximate surface area is 72.7 Å². The number of hydrogen-bond donors (Lipinski definition) is 1. The Morgan fingerprint density at radius 3 is 2.58 bits per heavy atom. The average molecular weight is 172 g/mol. The third kappa shape index (κ3) is 1.44. The van der Waals surface area contributed by atoms with Crippen LogP contribution in [0.15, 0.2) is 0 Å². The Bertz CT molecular complexity index is 184. The van der Waals surface area contributed by atoms with Crippen molar-refractivity contribution in [3.05, 3.63) is 0 Å². The summed E-state index contributed by atoms with van der Waals surface area (Å²) in [5, 5.41) is 0. The van der Waals surface area contributed by atoms with Crippen molar-refractivity contribution in [3.8, 4) is 0 Å². The van der Waals surface area contributed by atoms with Gasteiger partial charge < -0.3 is 15.4 Å². The standard InChI is InChI=1S/C8H16N2O2/c1-5-7(9)6(4-10(5)2)8(11)12-3/h5-7H,4,9H2,1-3H3. The molecule has 0 aromatic carbocycles. The van der Waals surface area contributed by atoms with E-state index in [-0.39, 0.29) is 24.0 Å². The number of rotatable bonds is 1. The van der Waals surface area contributed by atoms with Crippen LogP contribution < -0.4 is 5.73 Å². The molecular formula is C8H16N2O2. The van der Waals surface area contributed by atoms with Gasteiger partial charge in [-0.05, 0) is 14.0 Å². The van der Waals surface area contributed by atoms with E-state index in [0.29, 0.717) is 6.54 Å². The summed E-state index contributed by atoms with van der Waals surface area (Å²) in [4.78, 5) is 13.3. The first-order valence-electron chi connectivity index (χ1n) is 4.11. The predicted octanol–water partition coefficient (Wildman–Crippen LogP) is -0.563. The maximum absolute atomic E-state index is 11.2. The molecule has 1 aliphatic rings. The molecule has 0 spiro atoms. The maximum Gasteiger partial charge on any atom is 0.311 e. The molecule has 0 aliphatic carbocycles. The van der Waals surface area contributed by atoms with Gasteiger partial charge in [-0.2, -0.15) is 0 Å². The zero-order valence-corrected chi connectivity index (χ0v) is 7.78. The third-order valence-electron chi connectivity index (χ3n) is 2.71. The van der Waals surface area contributed by atoms with E-state index in [9.17, 15) is 4.79 Å². The molecule has 1 saturated heterocycles. The van der Waals surface area contributed by atoms with E-state index in [0.717, 1.165) is 0 Å². The van der Waals surface area contributed by atoms with E-state index < -0.39 is 0 Å². The van der Waals surface area contributed by atoms with Gasteiger partial charge in [0, 0.05) is 18.6 Å². The third-order valence-corrected chi connectivity index (χ3v) is 2.71. The van der Waals surface area contributed by atoms with Gasteiger partial charge in [0.2, 0.25) is 0 Å². The summed E-state index contributed by atoms with van der Waals surface area (Å²) in [7, 11) is 3.37. The topological polar surface area (TPSA) is 55.6 Å². The molecule has 0 amide bonds. The molecule has 2 N–H and O–H groups in total. The van der Waals surface area contributed by atoms with E-state index in [1.807, 2.05) is 14.0 Å². The van der Waals surface area contributed by atoms with Crippen LogP contribution in [0.25, 0.3) is 0 Å². The molecule has 0 aromatic rings. The molecular weight excluding hydrogens is 156 g/mol. The van der Waals surface area contributed by atoms with Gasteiger partial charge in [0.25, 0.3) is 0 Å². The van der Waals surface area contributed by atoms with Crippen molar-refractivity contribution in [2.75, 3.05) is 20.7 Å². The van der Waals surface area contributed by atoms with Crippen molar-refractivity contribution in [1.29, 1.82) is 0 Å². The molecule has 0 saturated carbocycles. The van der Waals surface area contributed by atoms with Crippen LogP contribution in [0.2, 0.25) is 0 Å². The van der Waals surface area contributed by atoms with Crippen LogP contribution in [-0.2, 0) is 9.53 Å². The van der Waals surface area contributed by atoms with Crippen molar-refractivity contribution in [2.24, 2.45) is 11.7 Å². The first-order valence-corrected chi connectivity index (χ1v) is 4.11. The monoisotopic (exact) mass is 172 g/mol. The second kappa shape index (κ2) is 3.41. The van der Waals surface area contributed by atoms with Crippen LogP contribution in [0.5, 0.6) is 0 Å². The zero-order chi connectivity index (χ0) is 9.30. The van der Waals surface area contributed by atoms with E-state index in [4.69, 9.17) is 5.73 Å². The molecule has 4 heteroatoms. The lowest BCUT2D eigenvalue weighted by molar-refractivity contribution is -0.145. The van der Waals surface area contributed by atoms with Crippen LogP contribution in [0.1, 0.15) is 6.92 Å².